The third-order valence-corrected chi connectivity index (χ3v) is 5.66. The lowest BCUT2D eigenvalue weighted by molar-refractivity contribution is 0.171. The summed E-state index contributed by atoms with van der Waals surface area (Å²) < 4.78 is 13.1. The third kappa shape index (κ3) is 2.32. The maximum atomic E-state index is 5.67. The highest BCUT2D eigenvalue weighted by molar-refractivity contribution is 7.20. The van der Waals surface area contributed by atoms with E-state index < -0.39 is 0 Å². The standard InChI is InChI=1S/C20H14N4O2S/c1-2-4-15-13(3-1)14(10-21-15)19-23-24-11-16(22-20(24)27-19)12-5-6-17-18(9-12)26-8-7-25-17/h1-6,9-11,21H,7-8H2. The van der Waals surface area contributed by atoms with Crippen LogP contribution in [0.1, 0.15) is 0 Å². The molecule has 0 aliphatic carbocycles. The zero-order chi connectivity index (χ0) is 17.8. The fraction of sp³-hybridized carbons (Fsp3) is 0.100. The molecule has 5 aromatic rings. The van der Waals surface area contributed by atoms with Crippen molar-refractivity contribution in [3.63, 3.8) is 0 Å². The van der Waals surface area contributed by atoms with E-state index in [4.69, 9.17) is 19.6 Å². The molecule has 0 amide bonds. The minimum absolute atomic E-state index is 0.574. The van der Waals surface area contributed by atoms with Gasteiger partial charge in [-0.15, -0.1) is 0 Å². The number of nitrogens with zero attached hydrogens (tertiary/aromatic N) is 3. The van der Waals surface area contributed by atoms with Gasteiger partial charge >= 0.3 is 0 Å². The quantitative estimate of drug-likeness (QED) is 0.498. The first kappa shape index (κ1) is 14.8. The molecule has 0 saturated carbocycles. The first-order valence-corrected chi connectivity index (χ1v) is 9.49. The van der Waals surface area contributed by atoms with Gasteiger partial charge in [0.1, 0.15) is 18.2 Å². The monoisotopic (exact) mass is 374 g/mol. The maximum Gasteiger partial charge on any atom is 0.213 e. The molecule has 27 heavy (non-hydrogen) atoms. The molecule has 4 heterocycles. The molecule has 1 aliphatic heterocycles. The van der Waals surface area contributed by atoms with Crippen LogP contribution in [0.5, 0.6) is 11.5 Å². The van der Waals surface area contributed by atoms with Crippen LogP contribution in [0.25, 0.3) is 37.7 Å². The van der Waals surface area contributed by atoms with Gasteiger partial charge < -0.3 is 14.5 Å². The zero-order valence-electron chi connectivity index (χ0n) is 14.2. The molecule has 0 saturated heterocycles. The van der Waals surface area contributed by atoms with Crippen molar-refractivity contribution < 1.29 is 9.47 Å². The number of fused-ring (bicyclic) bond motifs is 3. The summed E-state index contributed by atoms with van der Waals surface area (Å²) in [6.45, 7) is 1.16. The summed E-state index contributed by atoms with van der Waals surface area (Å²) in [6.07, 6.45) is 3.96. The van der Waals surface area contributed by atoms with Gasteiger partial charge in [0.2, 0.25) is 4.96 Å². The SMILES string of the molecule is c1ccc2c(-c3nn4cc(-c5ccc6c(c5)OCCO6)nc4s3)c[nH]c2c1. The molecule has 0 radical (unpaired) electrons. The highest BCUT2D eigenvalue weighted by Gasteiger charge is 2.16. The largest absolute Gasteiger partial charge is 0.486 e. The fourth-order valence-electron chi connectivity index (χ4n) is 3.40. The van der Waals surface area contributed by atoms with Crippen LogP contribution in [0.15, 0.2) is 54.9 Å². The van der Waals surface area contributed by atoms with Gasteiger partial charge in [-0.1, -0.05) is 29.5 Å². The Morgan fingerprint density at radius 3 is 2.85 bits per heavy atom. The Balaban J connectivity index is 1.41. The molecule has 0 atom stereocenters. The third-order valence-electron chi connectivity index (χ3n) is 4.70. The first-order valence-electron chi connectivity index (χ1n) is 8.68. The Morgan fingerprint density at radius 1 is 1.04 bits per heavy atom. The summed E-state index contributed by atoms with van der Waals surface area (Å²) in [5.74, 6) is 1.55. The Kier molecular flexibility index (Phi) is 3.06. The number of aromatic amines is 1. The highest BCUT2D eigenvalue weighted by atomic mass is 32.1. The molecule has 7 heteroatoms. The van der Waals surface area contributed by atoms with Crippen LogP contribution in [0, 0.1) is 0 Å². The second-order valence-electron chi connectivity index (χ2n) is 6.37. The fourth-order valence-corrected chi connectivity index (χ4v) is 4.31. The summed E-state index contributed by atoms with van der Waals surface area (Å²) in [5, 5.41) is 6.85. The summed E-state index contributed by atoms with van der Waals surface area (Å²) in [6, 6.07) is 14.1. The van der Waals surface area contributed by atoms with Gasteiger partial charge in [0.25, 0.3) is 0 Å². The van der Waals surface area contributed by atoms with Gasteiger partial charge in [-0.05, 0) is 24.3 Å². The lowest BCUT2D eigenvalue weighted by atomic mass is 10.1. The minimum Gasteiger partial charge on any atom is -0.486 e. The van der Waals surface area contributed by atoms with Crippen molar-refractivity contribution in [3.8, 4) is 33.3 Å². The summed E-state index contributed by atoms with van der Waals surface area (Å²) in [4.78, 5) is 8.92. The number of imidazole rings is 1. The van der Waals surface area contributed by atoms with Crippen LogP contribution >= 0.6 is 11.3 Å². The maximum absolute atomic E-state index is 5.67. The van der Waals surface area contributed by atoms with Crippen LogP contribution in [0.4, 0.5) is 0 Å². The molecule has 0 fully saturated rings. The highest BCUT2D eigenvalue weighted by Crippen LogP contribution is 2.36. The number of H-pyrrole nitrogens is 1. The average molecular weight is 374 g/mol. The number of para-hydroxylation sites is 1. The number of aromatic nitrogens is 4. The second-order valence-corrected chi connectivity index (χ2v) is 7.32. The molecule has 2 aromatic carbocycles. The Hall–Kier alpha value is -3.32. The van der Waals surface area contributed by atoms with Crippen molar-refractivity contribution >= 4 is 27.2 Å². The predicted molar refractivity (Wildman–Crippen MR) is 105 cm³/mol. The van der Waals surface area contributed by atoms with Gasteiger partial charge in [0, 0.05) is 28.2 Å². The van der Waals surface area contributed by atoms with Gasteiger partial charge in [-0.2, -0.15) is 5.10 Å². The predicted octanol–water partition coefficient (Wildman–Crippen LogP) is 4.38. The van der Waals surface area contributed by atoms with Gasteiger partial charge in [0.05, 0.1) is 11.9 Å². The summed E-state index contributed by atoms with van der Waals surface area (Å²) in [7, 11) is 0. The molecule has 0 bridgehead atoms. The molecular formula is C20H14N4O2S. The molecular weight excluding hydrogens is 360 g/mol. The van der Waals surface area contributed by atoms with Gasteiger partial charge in [-0.3, -0.25) is 0 Å². The average Bonchev–Trinajstić information content (AvgIpc) is 3.40. The van der Waals surface area contributed by atoms with E-state index in [1.54, 1.807) is 11.3 Å². The van der Waals surface area contributed by atoms with Crippen LogP contribution in [0.3, 0.4) is 0 Å². The number of nitrogens with one attached hydrogen (secondary N) is 1. The van der Waals surface area contributed by atoms with E-state index in [0.29, 0.717) is 13.2 Å². The second kappa shape index (κ2) is 5.59. The summed E-state index contributed by atoms with van der Waals surface area (Å²) in [5.41, 5.74) is 4.07. The van der Waals surface area contributed by atoms with E-state index in [9.17, 15) is 0 Å². The minimum atomic E-state index is 0.574. The Labute approximate surface area is 158 Å². The lowest BCUT2D eigenvalue weighted by Crippen LogP contribution is -2.15. The van der Waals surface area contributed by atoms with Crippen LogP contribution in [-0.2, 0) is 0 Å². The zero-order valence-corrected chi connectivity index (χ0v) is 15.0. The Bertz CT molecular complexity index is 1270. The molecule has 6 nitrogen and oxygen atoms in total. The molecule has 0 unspecified atom stereocenters. The lowest BCUT2D eigenvalue weighted by Gasteiger charge is -2.18. The molecule has 3 aromatic heterocycles. The van der Waals surface area contributed by atoms with Crippen LogP contribution < -0.4 is 9.47 Å². The topological polar surface area (TPSA) is 64.4 Å². The van der Waals surface area contributed by atoms with Crippen LogP contribution in [0.2, 0.25) is 0 Å². The number of hydrogen-bond donors (Lipinski definition) is 1. The van der Waals surface area contributed by atoms with Gasteiger partial charge in [0.15, 0.2) is 11.5 Å². The Morgan fingerprint density at radius 2 is 1.93 bits per heavy atom. The van der Waals surface area contributed by atoms with E-state index in [1.807, 2.05) is 47.2 Å². The molecule has 1 aliphatic rings. The number of ether oxygens (including phenoxy) is 2. The molecule has 132 valence electrons. The normalized spacial score (nSPS) is 13.5. The molecule has 0 spiro atoms. The van der Waals surface area contributed by atoms with Crippen molar-refractivity contribution in [2.24, 2.45) is 0 Å². The first-order chi connectivity index (χ1) is 13.3. The van der Waals surface area contributed by atoms with Crippen molar-refractivity contribution in [2.75, 3.05) is 13.2 Å². The van der Waals surface area contributed by atoms with E-state index in [-0.39, 0.29) is 0 Å². The number of rotatable bonds is 2. The van der Waals surface area contributed by atoms with E-state index in [2.05, 4.69) is 17.1 Å². The van der Waals surface area contributed by atoms with Crippen molar-refractivity contribution in [1.82, 2.24) is 19.6 Å². The molecule has 6 rings (SSSR count). The number of benzene rings is 2. The van der Waals surface area contributed by atoms with Crippen LogP contribution in [-0.4, -0.2) is 32.8 Å². The van der Waals surface area contributed by atoms with Crippen molar-refractivity contribution in [1.29, 1.82) is 0 Å². The van der Waals surface area contributed by atoms with E-state index in [0.717, 1.165) is 43.8 Å². The number of hydrogen-bond acceptors (Lipinski definition) is 5. The van der Waals surface area contributed by atoms with E-state index in [1.165, 1.54) is 5.39 Å². The van der Waals surface area contributed by atoms with Crippen molar-refractivity contribution in [2.45, 2.75) is 0 Å². The van der Waals surface area contributed by atoms with Gasteiger partial charge in [-0.25, -0.2) is 9.50 Å². The smallest absolute Gasteiger partial charge is 0.213 e. The van der Waals surface area contributed by atoms with Crippen molar-refractivity contribution in [3.05, 3.63) is 54.9 Å². The molecule has 1 N–H and O–H groups in total. The van der Waals surface area contributed by atoms with E-state index >= 15 is 0 Å². The summed E-state index contributed by atoms with van der Waals surface area (Å²) >= 11 is 1.58.